The highest BCUT2D eigenvalue weighted by Crippen LogP contribution is 2.16. The van der Waals surface area contributed by atoms with Crippen LogP contribution in [0.2, 0.25) is 5.02 Å². The van der Waals surface area contributed by atoms with Gasteiger partial charge in [-0.1, -0.05) is 11.6 Å². The molecule has 0 aliphatic rings. The number of pyridine rings is 1. The van der Waals surface area contributed by atoms with Gasteiger partial charge in [0.1, 0.15) is 0 Å². The van der Waals surface area contributed by atoms with E-state index in [2.05, 4.69) is 15.1 Å². The smallest absolute Gasteiger partial charge is 0.280 e. The molecule has 0 bridgehead atoms. The number of benzene rings is 1. The summed E-state index contributed by atoms with van der Waals surface area (Å²) in [4.78, 5) is 32.4. The minimum atomic E-state index is -0.199. The van der Waals surface area contributed by atoms with Crippen LogP contribution in [0.1, 0.15) is 11.4 Å². The summed E-state index contributed by atoms with van der Waals surface area (Å²) in [5.74, 6) is 0. The Labute approximate surface area is 152 Å². The molecule has 0 radical (unpaired) electrons. The monoisotopic (exact) mass is 369 g/mol. The number of fused-ring (bicyclic) bond motifs is 1. The van der Waals surface area contributed by atoms with Gasteiger partial charge in [0.15, 0.2) is 0 Å². The Morgan fingerprint density at radius 3 is 2.65 bits per heavy atom. The van der Waals surface area contributed by atoms with Gasteiger partial charge in [0.05, 0.1) is 22.9 Å². The maximum absolute atomic E-state index is 12.9. The summed E-state index contributed by atoms with van der Waals surface area (Å²) in [6.45, 7) is 2.26. The van der Waals surface area contributed by atoms with Gasteiger partial charge in [-0.3, -0.25) is 14.7 Å². The first-order chi connectivity index (χ1) is 12.5. The summed E-state index contributed by atoms with van der Waals surface area (Å²) >= 11 is 5.91. The minimum absolute atomic E-state index is 0.154. The highest BCUT2D eigenvalue weighted by atomic mass is 35.5. The fourth-order valence-electron chi connectivity index (χ4n) is 3.11. The molecule has 0 aliphatic carbocycles. The average molecular weight is 370 g/mol. The number of nitrogens with one attached hydrogen (secondary N) is 2. The van der Waals surface area contributed by atoms with E-state index < -0.39 is 0 Å². The summed E-state index contributed by atoms with van der Waals surface area (Å²) in [6.07, 6.45) is 3.95. The zero-order chi connectivity index (χ0) is 18.3. The number of rotatable bonds is 4. The van der Waals surface area contributed by atoms with E-state index in [1.54, 1.807) is 48.3 Å². The first-order valence-corrected chi connectivity index (χ1v) is 8.51. The van der Waals surface area contributed by atoms with E-state index in [1.807, 2.05) is 0 Å². The van der Waals surface area contributed by atoms with Crippen molar-refractivity contribution in [3.8, 4) is 5.69 Å². The second-order valence-electron chi connectivity index (χ2n) is 6.06. The molecule has 0 unspecified atom stereocenters. The van der Waals surface area contributed by atoms with Crippen LogP contribution in [0, 0.1) is 6.92 Å². The number of nitrogens with zero attached hydrogens (tertiary/aromatic N) is 3. The molecule has 0 aliphatic heterocycles. The predicted octanol–water partition coefficient (Wildman–Crippen LogP) is 2.41. The SMILES string of the molecule is Cc1c2c(=O)n(-c3ccc(Cl)cc3)[nH]c2cc(=O)n1CCc1cnc[nH]1. The van der Waals surface area contributed by atoms with E-state index in [0.717, 1.165) is 5.69 Å². The van der Waals surface area contributed by atoms with Gasteiger partial charge in [-0.15, -0.1) is 0 Å². The van der Waals surface area contributed by atoms with E-state index in [-0.39, 0.29) is 11.1 Å². The van der Waals surface area contributed by atoms with E-state index >= 15 is 0 Å². The molecule has 0 saturated heterocycles. The van der Waals surface area contributed by atoms with Crippen LogP contribution in [0.4, 0.5) is 0 Å². The van der Waals surface area contributed by atoms with Gasteiger partial charge in [-0.2, -0.15) is 0 Å². The third-order valence-electron chi connectivity index (χ3n) is 4.46. The molecule has 0 spiro atoms. The van der Waals surface area contributed by atoms with E-state index in [9.17, 15) is 9.59 Å². The molecule has 132 valence electrons. The lowest BCUT2D eigenvalue weighted by Gasteiger charge is -2.09. The number of aryl methyl sites for hydroxylation is 2. The van der Waals surface area contributed by atoms with Crippen molar-refractivity contribution >= 4 is 22.5 Å². The molecule has 7 nitrogen and oxygen atoms in total. The molecule has 2 N–H and O–H groups in total. The van der Waals surface area contributed by atoms with Gasteiger partial charge < -0.3 is 9.55 Å². The fraction of sp³-hybridized carbons (Fsp3) is 0.167. The molecule has 26 heavy (non-hydrogen) atoms. The van der Waals surface area contributed by atoms with Gasteiger partial charge >= 0.3 is 0 Å². The van der Waals surface area contributed by atoms with Crippen molar-refractivity contribution in [1.29, 1.82) is 0 Å². The molecule has 0 amide bonds. The van der Waals surface area contributed by atoms with Crippen molar-refractivity contribution in [2.75, 3.05) is 0 Å². The molecule has 4 rings (SSSR count). The number of H-pyrrole nitrogens is 2. The van der Waals surface area contributed by atoms with Gasteiger partial charge in [0.25, 0.3) is 11.1 Å². The summed E-state index contributed by atoms with van der Waals surface area (Å²) < 4.78 is 3.04. The van der Waals surface area contributed by atoms with E-state index in [0.29, 0.717) is 40.3 Å². The fourth-order valence-corrected chi connectivity index (χ4v) is 3.24. The van der Waals surface area contributed by atoms with Crippen LogP contribution < -0.4 is 11.1 Å². The quantitative estimate of drug-likeness (QED) is 0.579. The summed E-state index contributed by atoms with van der Waals surface area (Å²) in [7, 11) is 0. The van der Waals surface area contributed by atoms with Crippen LogP contribution >= 0.6 is 11.6 Å². The standard InChI is InChI=1S/C18H16ClN5O2/c1-11-17-15(8-16(25)23(11)7-6-13-9-20-10-21-13)22-24(18(17)26)14-4-2-12(19)3-5-14/h2-5,8-10,22H,6-7H2,1H3,(H,20,21). The van der Waals surface area contributed by atoms with Crippen LogP contribution in [-0.2, 0) is 13.0 Å². The lowest BCUT2D eigenvalue weighted by atomic mass is 10.2. The van der Waals surface area contributed by atoms with Crippen LogP contribution in [0.5, 0.6) is 0 Å². The summed E-state index contributed by atoms with van der Waals surface area (Å²) in [5, 5.41) is 4.10. The van der Waals surface area contributed by atoms with Crippen molar-refractivity contribution in [3.63, 3.8) is 0 Å². The second-order valence-corrected chi connectivity index (χ2v) is 6.50. The van der Waals surface area contributed by atoms with Crippen LogP contribution in [0.15, 0.2) is 52.4 Å². The predicted molar refractivity (Wildman–Crippen MR) is 100 cm³/mol. The average Bonchev–Trinajstić information content (AvgIpc) is 3.23. The Kier molecular flexibility index (Phi) is 4.00. The Balaban J connectivity index is 1.81. The zero-order valence-corrected chi connectivity index (χ0v) is 14.7. The Morgan fingerprint density at radius 1 is 1.19 bits per heavy atom. The zero-order valence-electron chi connectivity index (χ0n) is 14.0. The number of hydrogen-bond donors (Lipinski definition) is 2. The molecule has 3 heterocycles. The van der Waals surface area contributed by atoms with E-state index in [1.165, 1.54) is 10.7 Å². The lowest BCUT2D eigenvalue weighted by molar-refractivity contribution is 0.648. The molecular formula is C18H16ClN5O2. The summed E-state index contributed by atoms with van der Waals surface area (Å²) in [6, 6.07) is 8.39. The second kappa shape index (κ2) is 6.34. The minimum Gasteiger partial charge on any atom is -0.348 e. The lowest BCUT2D eigenvalue weighted by Crippen LogP contribution is -2.24. The molecule has 0 saturated carbocycles. The first kappa shape index (κ1) is 16.4. The normalized spacial score (nSPS) is 11.3. The van der Waals surface area contributed by atoms with Gasteiger partial charge in [0, 0.05) is 41.6 Å². The number of imidazole rings is 1. The topological polar surface area (TPSA) is 88.5 Å². The Hall–Kier alpha value is -3.06. The molecule has 3 aromatic heterocycles. The van der Waals surface area contributed by atoms with Crippen LogP contribution in [-0.4, -0.2) is 24.3 Å². The number of aromatic nitrogens is 5. The molecule has 4 aromatic rings. The van der Waals surface area contributed by atoms with E-state index in [4.69, 9.17) is 11.6 Å². The Bertz CT molecular complexity index is 1180. The number of halogens is 1. The highest BCUT2D eigenvalue weighted by Gasteiger charge is 2.15. The molecule has 0 fully saturated rings. The molecular weight excluding hydrogens is 354 g/mol. The molecule has 0 atom stereocenters. The maximum atomic E-state index is 12.9. The van der Waals surface area contributed by atoms with Crippen molar-refractivity contribution < 1.29 is 0 Å². The molecule has 1 aromatic carbocycles. The maximum Gasteiger partial charge on any atom is 0.280 e. The molecule has 8 heteroatoms. The first-order valence-electron chi connectivity index (χ1n) is 8.13. The Morgan fingerprint density at radius 2 is 1.96 bits per heavy atom. The highest BCUT2D eigenvalue weighted by molar-refractivity contribution is 6.30. The number of hydrogen-bond acceptors (Lipinski definition) is 3. The van der Waals surface area contributed by atoms with Crippen molar-refractivity contribution in [2.45, 2.75) is 19.9 Å². The van der Waals surface area contributed by atoms with Crippen LogP contribution in [0.3, 0.4) is 0 Å². The third-order valence-corrected chi connectivity index (χ3v) is 4.72. The van der Waals surface area contributed by atoms with Gasteiger partial charge in [-0.05, 0) is 31.2 Å². The van der Waals surface area contributed by atoms with Gasteiger partial charge in [0.2, 0.25) is 0 Å². The summed E-state index contributed by atoms with van der Waals surface area (Å²) in [5.41, 5.74) is 2.40. The number of aromatic amines is 2. The van der Waals surface area contributed by atoms with Crippen molar-refractivity contribution in [2.24, 2.45) is 0 Å². The van der Waals surface area contributed by atoms with Gasteiger partial charge in [-0.25, -0.2) is 9.67 Å². The van der Waals surface area contributed by atoms with Crippen molar-refractivity contribution in [3.05, 3.63) is 80.0 Å². The largest absolute Gasteiger partial charge is 0.348 e. The van der Waals surface area contributed by atoms with Crippen molar-refractivity contribution in [1.82, 2.24) is 24.3 Å². The third kappa shape index (κ3) is 2.76. The van der Waals surface area contributed by atoms with Crippen LogP contribution in [0.25, 0.3) is 16.6 Å².